The molecule has 0 unspecified atom stereocenters. The zero-order chi connectivity index (χ0) is 4.83. The van der Waals surface area contributed by atoms with Crippen LogP contribution in [0.3, 0.4) is 0 Å². The lowest BCUT2D eigenvalue weighted by Crippen LogP contribution is -1.88. The van der Waals surface area contributed by atoms with Crippen LogP contribution in [0.5, 0.6) is 0 Å². The van der Waals surface area contributed by atoms with Gasteiger partial charge < -0.3 is 4.84 Å². The van der Waals surface area contributed by atoms with Crippen LogP contribution in [0.25, 0.3) is 0 Å². The third-order valence-electron chi connectivity index (χ3n) is 0.302. The van der Waals surface area contributed by atoms with Gasteiger partial charge in [0, 0.05) is 7.05 Å². The molecule has 0 fully saturated rings. The van der Waals surface area contributed by atoms with Crippen LogP contribution in [0.15, 0.2) is 12.3 Å². The van der Waals surface area contributed by atoms with Gasteiger partial charge in [0.1, 0.15) is 6.26 Å². The molecule has 0 aromatic carbocycles. The Labute approximate surface area is 37.8 Å². The summed E-state index contributed by atoms with van der Waals surface area (Å²) in [4.78, 5) is 4.43. The van der Waals surface area contributed by atoms with E-state index in [2.05, 4.69) is 10.3 Å². The molecule has 0 amide bonds. The molecule has 2 heteroatoms. The molecule has 0 spiro atoms. The maximum atomic E-state index is 4.43. The fourth-order valence-electron chi connectivity index (χ4n) is 0.122. The van der Waals surface area contributed by atoms with E-state index in [4.69, 9.17) is 0 Å². The lowest BCUT2D eigenvalue weighted by atomic mass is 10.7. The van der Waals surface area contributed by atoms with E-state index in [1.807, 2.05) is 6.92 Å². The van der Waals surface area contributed by atoms with Gasteiger partial charge in [0.15, 0.2) is 0 Å². The summed E-state index contributed by atoms with van der Waals surface area (Å²) in [5, 5.41) is 0. The molecule has 1 radical (unpaired) electrons. The summed E-state index contributed by atoms with van der Waals surface area (Å²) in [5.74, 6) is 0. The first-order valence-electron chi connectivity index (χ1n) is 1.78. The van der Waals surface area contributed by atoms with Crippen LogP contribution in [0.4, 0.5) is 0 Å². The first kappa shape index (κ1) is 5.50. The van der Waals surface area contributed by atoms with E-state index in [9.17, 15) is 0 Å². The van der Waals surface area contributed by atoms with E-state index in [0.29, 0.717) is 0 Å². The Bertz CT molecular complexity index is 42.8. The number of hydrogen-bond donors (Lipinski definition) is 0. The first-order chi connectivity index (χ1) is 2.91. The van der Waals surface area contributed by atoms with Crippen molar-refractivity contribution in [3.63, 3.8) is 0 Å². The minimum Gasteiger partial charge on any atom is -0.397 e. The average molecular weight is 86.1 g/mol. The van der Waals surface area contributed by atoms with Gasteiger partial charge in [0.25, 0.3) is 0 Å². The second-order valence-electron chi connectivity index (χ2n) is 0.757. The minimum absolute atomic E-state index is 1.51. The SMILES string of the molecule is CC=CO[N]C. The van der Waals surface area contributed by atoms with Crippen LogP contribution in [0.1, 0.15) is 6.92 Å². The molecule has 0 atom stereocenters. The van der Waals surface area contributed by atoms with Gasteiger partial charge in [-0.15, -0.1) is 0 Å². The van der Waals surface area contributed by atoms with Crippen LogP contribution in [-0.4, -0.2) is 7.05 Å². The normalized spacial score (nSPS) is 9.67. The van der Waals surface area contributed by atoms with Crippen LogP contribution in [-0.2, 0) is 4.84 Å². The molecule has 0 aliphatic rings. The second kappa shape index (κ2) is 4.50. The Hall–Kier alpha value is -0.500. The number of hydrogen-bond acceptors (Lipinski definition) is 1. The lowest BCUT2D eigenvalue weighted by Gasteiger charge is -1.84. The van der Waals surface area contributed by atoms with Crippen molar-refractivity contribution < 1.29 is 4.84 Å². The van der Waals surface area contributed by atoms with Gasteiger partial charge in [-0.2, -0.15) is 0 Å². The summed E-state index contributed by atoms with van der Waals surface area (Å²) in [6, 6.07) is 0. The van der Waals surface area contributed by atoms with Gasteiger partial charge in [-0.25, -0.2) is 0 Å². The summed E-state index contributed by atoms with van der Waals surface area (Å²) >= 11 is 0. The van der Waals surface area contributed by atoms with Gasteiger partial charge in [0.05, 0.1) is 0 Å². The number of rotatable bonds is 2. The summed E-state index contributed by atoms with van der Waals surface area (Å²) in [7, 11) is 1.58. The van der Waals surface area contributed by atoms with E-state index in [1.165, 1.54) is 6.26 Å². The summed E-state index contributed by atoms with van der Waals surface area (Å²) in [6.07, 6.45) is 3.28. The zero-order valence-corrected chi connectivity index (χ0v) is 4.01. The molecule has 35 valence electrons. The lowest BCUT2D eigenvalue weighted by molar-refractivity contribution is 0.148. The van der Waals surface area contributed by atoms with Crippen LogP contribution in [0, 0.1) is 0 Å². The van der Waals surface area contributed by atoms with E-state index < -0.39 is 0 Å². The molecule has 2 nitrogen and oxygen atoms in total. The third kappa shape index (κ3) is 3.50. The molecule has 0 rings (SSSR count). The highest BCUT2D eigenvalue weighted by Crippen LogP contribution is 1.66. The van der Waals surface area contributed by atoms with Crippen LogP contribution < -0.4 is 5.48 Å². The summed E-state index contributed by atoms with van der Waals surface area (Å²) < 4.78 is 0. The number of hydroxylamine groups is 1. The topological polar surface area (TPSA) is 23.3 Å². The molecule has 0 saturated heterocycles. The smallest absolute Gasteiger partial charge is 0.109 e. The Kier molecular flexibility index (Phi) is 4.12. The van der Waals surface area contributed by atoms with Gasteiger partial charge in [0.2, 0.25) is 0 Å². The third-order valence-corrected chi connectivity index (χ3v) is 0.302. The molecule has 0 aromatic rings. The standard InChI is InChI=1S/C4H8NO/c1-3-4-6-5-2/h3-4H,1-2H3. The highest BCUT2D eigenvalue weighted by Gasteiger charge is 1.60. The van der Waals surface area contributed by atoms with Crippen molar-refractivity contribution in [1.82, 2.24) is 5.48 Å². The van der Waals surface area contributed by atoms with Gasteiger partial charge in [-0.3, -0.25) is 0 Å². The van der Waals surface area contributed by atoms with Crippen molar-refractivity contribution >= 4 is 0 Å². The molecule has 0 aromatic heterocycles. The quantitative estimate of drug-likeness (QED) is 0.358. The average Bonchev–Trinajstić information content (AvgIpc) is 1.61. The Balaban J connectivity index is 2.66. The highest BCUT2D eigenvalue weighted by molar-refractivity contribution is 4.63. The van der Waals surface area contributed by atoms with Gasteiger partial charge in [-0.05, 0) is 12.4 Å². The van der Waals surface area contributed by atoms with E-state index in [-0.39, 0.29) is 0 Å². The van der Waals surface area contributed by atoms with E-state index in [1.54, 1.807) is 13.1 Å². The molecular formula is C4H8NO. The Morgan fingerprint density at radius 2 is 2.33 bits per heavy atom. The van der Waals surface area contributed by atoms with E-state index in [0.717, 1.165) is 0 Å². The molecule has 0 aliphatic heterocycles. The van der Waals surface area contributed by atoms with Gasteiger partial charge >= 0.3 is 0 Å². The molecule has 0 aliphatic carbocycles. The predicted octanol–water partition coefficient (Wildman–Crippen LogP) is 0.686. The van der Waals surface area contributed by atoms with Crippen molar-refractivity contribution in [1.29, 1.82) is 0 Å². The fraction of sp³-hybridized carbons (Fsp3) is 0.500. The molecule has 0 heterocycles. The largest absolute Gasteiger partial charge is 0.397 e. The first-order valence-corrected chi connectivity index (χ1v) is 1.78. The van der Waals surface area contributed by atoms with Crippen LogP contribution in [0.2, 0.25) is 0 Å². The maximum Gasteiger partial charge on any atom is 0.109 e. The molecule has 6 heavy (non-hydrogen) atoms. The van der Waals surface area contributed by atoms with Crippen LogP contribution >= 0.6 is 0 Å². The summed E-state index contributed by atoms with van der Waals surface area (Å²) in [5.41, 5.74) is 3.34. The van der Waals surface area contributed by atoms with Crippen molar-refractivity contribution in [2.24, 2.45) is 0 Å². The molecule has 0 saturated carbocycles. The van der Waals surface area contributed by atoms with Crippen molar-refractivity contribution in [3.8, 4) is 0 Å². The van der Waals surface area contributed by atoms with Gasteiger partial charge in [-0.1, -0.05) is 6.08 Å². The molecule has 0 N–H and O–H groups in total. The Morgan fingerprint density at radius 1 is 1.67 bits per heavy atom. The minimum atomic E-state index is 1.51. The molecule has 0 bridgehead atoms. The highest BCUT2D eigenvalue weighted by atomic mass is 16.6. The predicted molar refractivity (Wildman–Crippen MR) is 24.0 cm³/mol. The van der Waals surface area contributed by atoms with E-state index >= 15 is 0 Å². The maximum absolute atomic E-state index is 4.43. The number of nitrogens with zero attached hydrogens (tertiary/aromatic N) is 1. The van der Waals surface area contributed by atoms with Crippen molar-refractivity contribution in [2.45, 2.75) is 6.92 Å². The Morgan fingerprint density at radius 3 is 2.50 bits per heavy atom. The monoisotopic (exact) mass is 86.1 g/mol. The second-order valence-corrected chi connectivity index (χ2v) is 0.757. The van der Waals surface area contributed by atoms with Crippen molar-refractivity contribution in [3.05, 3.63) is 12.3 Å². The molecular weight excluding hydrogens is 78.0 g/mol. The van der Waals surface area contributed by atoms with Crippen molar-refractivity contribution in [2.75, 3.05) is 7.05 Å². The summed E-state index contributed by atoms with van der Waals surface area (Å²) in [6.45, 7) is 1.87. The zero-order valence-electron chi connectivity index (χ0n) is 4.01. The fourth-order valence-corrected chi connectivity index (χ4v) is 0.122. The number of allylic oxidation sites excluding steroid dienone is 1.